The van der Waals surface area contributed by atoms with Gasteiger partial charge in [-0.15, -0.1) is 0 Å². The summed E-state index contributed by atoms with van der Waals surface area (Å²) in [4.78, 5) is 7.98. The van der Waals surface area contributed by atoms with Crippen molar-refractivity contribution in [2.24, 2.45) is 11.7 Å². The fourth-order valence-corrected chi connectivity index (χ4v) is 2.15. The number of nitrogens with zero attached hydrogens (tertiary/aromatic N) is 2. The lowest BCUT2D eigenvalue weighted by atomic mass is 9.95. The van der Waals surface area contributed by atoms with Crippen LogP contribution < -0.4 is 11.1 Å². The monoisotopic (exact) mass is 240 g/mol. The van der Waals surface area contributed by atoms with Crippen molar-refractivity contribution < 1.29 is 0 Å². The minimum absolute atomic E-state index is 0.0778. The van der Waals surface area contributed by atoms with E-state index in [1.54, 1.807) is 6.20 Å². The van der Waals surface area contributed by atoms with Gasteiger partial charge in [0.2, 0.25) is 5.28 Å². The lowest BCUT2D eigenvalue weighted by molar-refractivity contribution is 0.427. The van der Waals surface area contributed by atoms with Crippen LogP contribution in [0.1, 0.15) is 26.7 Å². The molecule has 1 aromatic heterocycles. The molecular weight excluding hydrogens is 224 g/mol. The van der Waals surface area contributed by atoms with Crippen molar-refractivity contribution in [3.8, 4) is 0 Å². The minimum Gasteiger partial charge on any atom is -0.365 e. The van der Waals surface area contributed by atoms with Gasteiger partial charge in [0, 0.05) is 17.8 Å². The van der Waals surface area contributed by atoms with Gasteiger partial charge in [0.1, 0.15) is 5.82 Å². The second-order valence-electron chi connectivity index (χ2n) is 4.81. The van der Waals surface area contributed by atoms with Gasteiger partial charge in [-0.3, -0.25) is 0 Å². The van der Waals surface area contributed by atoms with Gasteiger partial charge in [-0.05, 0) is 36.4 Å². The van der Waals surface area contributed by atoms with Crippen LogP contribution in [0, 0.1) is 5.92 Å². The molecule has 1 aromatic rings. The van der Waals surface area contributed by atoms with Crippen LogP contribution in [0.4, 0.5) is 5.82 Å². The van der Waals surface area contributed by atoms with E-state index in [0.717, 1.165) is 18.7 Å². The quantitative estimate of drug-likeness (QED) is 0.791. The molecule has 0 aromatic carbocycles. The van der Waals surface area contributed by atoms with Gasteiger partial charge in [0.15, 0.2) is 0 Å². The number of nitrogens with one attached hydrogen (secondary N) is 1. The molecule has 1 saturated carbocycles. The van der Waals surface area contributed by atoms with Gasteiger partial charge < -0.3 is 11.1 Å². The molecule has 1 aliphatic carbocycles. The molecule has 2 rings (SSSR count). The van der Waals surface area contributed by atoms with Crippen LogP contribution in [0.3, 0.4) is 0 Å². The molecule has 0 saturated heterocycles. The Bertz CT molecular complexity index is 376. The summed E-state index contributed by atoms with van der Waals surface area (Å²) in [5, 5.41) is 3.62. The van der Waals surface area contributed by atoms with Crippen LogP contribution in [0.15, 0.2) is 12.3 Å². The molecule has 0 aliphatic heterocycles. The third-order valence-corrected chi connectivity index (χ3v) is 3.23. The van der Waals surface area contributed by atoms with E-state index in [1.807, 2.05) is 6.07 Å². The summed E-state index contributed by atoms with van der Waals surface area (Å²) in [6, 6.07) is 2.05. The molecule has 16 heavy (non-hydrogen) atoms. The fourth-order valence-electron chi connectivity index (χ4n) is 2.00. The standard InChI is InChI=1S/C11H17ClN4/c1-7(2)9(11(13)4-5-11)15-8-3-6-14-10(12)16-8/h3,6-7,9H,4-5,13H2,1-2H3,(H,14,15,16)/t9-/m0/s1. The summed E-state index contributed by atoms with van der Waals surface area (Å²) < 4.78 is 0. The van der Waals surface area contributed by atoms with Crippen molar-refractivity contribution in [1.29, 1.82) is 0 Å². The number of halogens is 1. The predicted molar refractivity (Wildman–Crippen MR) is 65.4 cm³/mol. The normalized spacial score (nSPS) is 19.6. The first-order chi connectivity index (χ1) is 7.51. The lowest BCUT2D eigenvalue weighted by Gasteiger charge is -2.28. The molecule has 0 unspecified atom stereocenters. The topological polar surface area (TPSA) is 63.8 Å². The maximum absolute atomic E-state index is 6.24. The van der Waals surface area contributed by atoms with Gasteiger partial charge >= 0.3 is 0 Å². The molecule has 5 heteroatoms. The first kappa shape index (κ1) is 11.6. The van der Waals surface area contributed by atoms with Crippen molar-refractivity contribution in [2.75, 3.05) is 5.32 Å². The maximum Gasteiger partial charge on any atom is 0.224 e. The van der Waals surface area contributed by atoms with Crippen LogP contribution in [-0.2, 0) is 0 Å². The molecule has 1 atom stereocenters. The zero-order valence-corrected chi connectivity index (χ0v) is 10.3. The molecule has 0 bridgehead atoms. The summed E-state index contributed by atoms with van der Waals surface area (Å²) >= 11 is 5.74. The Morgan fingerprint density at radius 2 is 2.19 bits per heavy atom. The Labute approximate surface area is 101 Å². The zero-order valence-electron chi connectivity index (χ0n) is 9.57. The van der Waals surface area contributed by atoms with E-state index in [9.17, 15) is 0 Å². The molecule has 1 fully saturated rings. The second kappa shape index (κ2) is 4.18. The average Bonchev–Trinajstić information content (AvgIpc) is 2.93. The van der Waals surface area contributed by atoms with Crippen molar-refractivity contribution in [1.82, 2.24) is 9.97 Å². The average molecular weight is 241 g/mol. The summed E-state index contributed by atoms with van der Waals surface area (Å²) in [5.74, 6) is 1.21. The van der Waals surface area contributed by atoms with Crippen molar-refractivity contribution in [3.05, 3.63) is 17.5 Å². The second-order valence-corrected chi connectivity index (χ2v) is 5.15. The maximum atomic E-state index is 6.24. The summed E-state index contributed by atoms with van der Waals surface area (Å²) in [6.45, 7) is 4.32. The molecule has 0 spiro atoms. The Kier molecular flexibility index (Phi) is 3.04. The van der Waals surface area contributed by atoms with E-state index in [-0.39, 0.29) is 16.9 Å². The first-order valence-electron chi connectivity index (χ1n) is 5.55. The number of nitrogens with two attached hydrogens (primary N) is 1. The molecule has 0 amide bonds. The summed E-state index contributed by atoms with van der Waals surface area (Å²) in [7, 11) is 0. The van der Waals surface area contributed by atoms with Gasteiger partial charge in [-0.1, -0.05) is 13.8 Å². The smallest absolute Gasteiger partial charge is 0.224 e. The number of aromatic nitrogens is 2. The molecule has 1 heterocycles. The fraction of sp³-hybridized carbons (Fsp3) is 0.636. The third-order valence-electron chi connectivity index (χ3n) is 3.04. The van der Waals surface area contributed by atoms with Gasteiger partial charge in [-0.25, -0.2) is 9.97 Å². The van der Waals surface area contributed by atoms with Gasteiger partial charge in [0.25, 0.3) is 0 Å². The Hall–Kier alpha value is -0.870. The highest BCUT2D eigenvalue weighted by atomic mass is 35.5. The van der Waals surface area contributed by atoms with E-state index < -0.39 is 0 Å². The molecule has 88 valence electrons. The number of anilines is 1. The van der Waals surface area contributed by atoms with Gasteiger partial charge in [-0.2, -0.15) is 0 Å². The first-order valence-corrected chi connectivity index (χ1v) is 5.93. The SMILES string of the molecule is CC(C)[C@H](Nc1ccnc(Cl)n1)C1(N)CC1. The highest BCUT2D eigenvalue weighted by molar-refractivity contribution is 6.28. The molecule has 0 radical (unpaired) electrons. The van der Waals surface area contributed by atoms with Crippen molar-refractivity contribution >= 4 is 17.4 Å². The minimum atomic E-state index is -0.0778. The van der Waals surface area contributed by atoms with E-state index in [0.29, 0.717) is 5.92 Å². The van der Waals surface area contributed by atoms with Crippen LogP contribution in [-0.4, -0.2) is 21.5 Å². The Balaban J connectivity index is 2.12. The lowest BCUT2D eigenvalue weighted by Crippen LogP contribution is -2.46. The Morgan fingerprint density at radius 3 is 2.69 bits per heavy atom. The van der Waals surface area contributed by atoms with Crippen LogP contribution in [0.25, 0.3) is 0 Å². The summed E-state index contributed by atoms with van der Waals surface area (Å²) in [5.41, 5.74) is 6.16. The van der Waals surface area contributed by atoms with Crippen molar-refractivity contribution in [2.45, 2.75) is 38.3 Å². The van der Waals surface area contributed by atoms with Gasteiger partial charge in [0.05, 0.1) is 0 Å². The third kappa shape index (κ3) is 2.44. The number of hydrogen-bond acceptors (Lipinski definition) is 4. The highest BCUT2D eigenvalue weighted by Crippen LogP contribution is 2.39. The highest BCUT2D eigenvalue weighted by Gasteiger charge is 2.47. The number of hydrogen-bond donors (Lipinski definition) is 2. The largest absolute Gasteiger partial charge is 0.365 e. The van der Waals surface area contributed by atoms with E-state index in [2.05, 4.69) is 29.1 Å². The van der Waals surface area contributed by atoms with Crippen LogP contribution in [0.5, 0.6) is 0 Å². The van der Waals surface area contributed by atoms with E-state index in [4.69, 9.17) is 17.3 Å². The number of rotatable bonds is 4. The van der Waals surface area contributed by atoms with Crippen LogP contribution in [0.2, 0.25) is 5.28 Å². The molecule has 3 N–H and O–H groups in total. The summed E-state index contributed by atoms with van der Waals surface area (Å²) in [6.07, 6.45) is 3.79. The van der Waals surface area contributed by atoms with Crippen molar-refractivity contribution in [3.63, 3.8) is 0 Å². The van der Waals surface area contributed by atoms with E-state index >= 15 is 0 Å². The molecule has 4 nitrogen and oxygen atoms in total. The molecular formula is C11H17ClN4. The van der Waals surface area contributed by atoms with Crippen LogP contribution >= 0.6 is 11.6 Å². The zero-order chi connectivity index (χ0) is 11.8. The predicted octanol–water partition coefficient (Wildman–Crippen LogP) is 2.06. The molecule has 1 aliphatic rings. The van der Waals surface area contributed by atoms with E-state index in [1.165, 1.54) is 0 Å². The Morgan fingerprint density at radius 1 is 1.50 bits per heavy atom.